The third-order valence-corrected chi connectivity index (χ3v) is 6.97. The lowest BCUT2D eigenvalue weighted by atomic mass is 9.63. The Hall–Kier alpha value is -2.08. The summed E-state index contributed by atoms with van der Waals surface area (Å²) in [6.45, 7) is 1.97. The Morgan fingerprint density at radius 1 is 1.12 bits per heavy atom. The molecular formula is C22H24N2O. The molecule has 1 heterocycles. The van der Waals surface area contributed by atoms with Crippen LogP contribution in [0.4, 0.5) is 0 Å². The topological polar surface area (TPSA) is 44.1 Å². The lowest BCUT2D eigenvalue weighted by Crippen LogP contribution is -2.43. The van der Waals surface area contributed by atoms with Crippen molar-refractivity contribution in [3.05, 3.63) is 40.5 Å². The Morgan fingerprint density at radius 2 is 1.88 bits per heavy atom. The van der Waals surface area contributed by atoms with Gasteiger partial charge in [0.05, 0.1) is 5.70 Å². The summed E-state index contributed by atoms with van der Waals surface area (Å²) in [5.41, 5.74) is 5.55. The fraction of sp³-hybridized carbons (Fsp3) is 0.545. The molecule has 0 unspecified atom stereocenters. The van der Waals surface area contributed by atoms with Crippen molar-refractivity contribution in [3.63, 3.8) is 0 Å². The number of allylic oxidation sites excluding steroid dienone is 1. The minimum atomic E-state index is -0.00639. The van der Waals surface area contributed by atoms with Gasteiger partial charge < -0.3 is 4.90 Å². The van der Waals surface area contributed by atoms with Crippen molar-refractivity contribution >= 4 is 11.5 Å². The lowest BCUT2D eigenvalue weighted by molar-refractivity contribution is -0.114. The number of nitriles is 1. The van der Waals surface area contributed by atoms with Crippen molar-refractivity contribution < 1.29 is 4.79 Å². The van der Waals surface area contributed by atoms with E-state index in [2.05, 4.69) is 29.2 Å². The fourth-order valence-electron chi connectivity index (χ4n) is 4.99. The van der Waals surface area contributed by atoms with Crippen molar-refractivity contribution in [2.24, 2.45) is 5.41 Å². The predicted octanol–water partition coefficient (Wildman–Crippen LogP) is 4.19. The Balaban J connectivity index is 1.54. The van der Waals surface area contributed by atoms with Crippen molar-refractivity contribution in [3.8, 4) is 6.07 Å². The number of nitrogens with zero attached hydrogens (tertiary/aromatic N) is 2. The first kappa shape index (κ1) is 15.2. The molecule has 1 aromatic carbocycles. The van der Waals surface area contributed by atoms with Crippen LogP contribution >= 0.6 is 0 Å². The summed E-state index contributed by atoms with van der Waals surface area (Å²) >= 11 is 0. The molecule has 1 aliphatic heterocycles. The molecule has 5 rings (SSSR count). The summed E-state index contributed by atoms with van der Waals surface area (Å²) in [4.78, 5) is 14.9. The number of rotatable bonds is 2. The van der Waals surface area contributed by atoms with Gasteiger partial charge in [-0.1, -0.05) is 18.6 Å². The smallest absolute Gasteiger partial charge is 0.179 e. The van der Waals surface area contributed by atoms with Gasteiger partial charge in [0.2, 0.25) is 0 Å². The number of ketones is 1. The van der Waals surface area contributed by atoms with E-state index in [1.165, 1.54) is 50.5 Å². The number of carbonyl (C=O) groups is 1. The average Bonchev–Trinajstić information content (AvgIpc) is 3.44. The largest absolute Gasteiger partial charge is 0.370 e. The first-order chi connectivity index (χ1) is 12.2. The van der Waals surface area contributed by atoms with E-state index in [4.69, 9.17) is 0 Å². The van der Waals surface area contributed by atoms with Crippen molar-refractivity contribution in [1.82, 2.24) is 4.90 Å². The van der Waals surface area contributed by atoms with Gasteiger partial charge in [-0.15, -0.1) is 0 Å². The highest BCUT2D eigenvalue weighted by atomic mass is 16.1. The van der Waals surface area contributed by atoms with Crippen LogP contribution in [-0.4, -0.2) is 23.8 Å². The summed E-state index contributed by atoms with van der Waals surface area (Å²) in [5.74, 6) is 0.683. The molecule has 25 heavy (non-hydrogen) atoms. The monoisotopic (exact) mass is 332 g/mol. The average molecular weight is 332 g/mol. The molecule has 128 valence electrons. The maximum atomic E-state index is 12.6. The molecule has 1 saturated heterocycles. The molecule has 2 saturated carbocycles. The molecule has 1 spiro atoms. The van der Waals surface area contributed by atoms with Gasteiger partial charge in [0.25, 0.3) is 0 Å². The van der Waals surface area contributed by atoms with E-state index in [0.29, 0.717) is 23.3 Å². The van der Waals surface area contributed by atoms with Gasteiger partial charge in [0, 0.05) is 25.1 Å². The Bertz CT molecular complexity index is 811. The molecule has 3 fully saturated rings. The van der Waals surface area contributed by atoms with Gasteiger partial charge in [-0.25, -0.2) is 0 Å². The van der Waals surface area contributed by atoms with Crippen molar-refractivity contribution in [1.29, 1.82) is 5.26 Å². The molecule has 0 amide bonds. The van der Waals surface area contributed by atoms with E-state index in [1.807, 2.05) is 0 Å². The second kappa shape index (κ2) is 5.46. The molecule has 0 bridgehead atoms. The Kier molecular flexibility index (Phi) is 3.32. The van der Waals surface area contributed by atoms with Crippen LogP contribution in [0.1, 0.15) is 67.6 Å². The molecule has 3 heteroatoms. The number of benzene rings is 1. The number of Topliss-reactive ketones (excluding diaryl/α,β-unsaturated/α-hetero) is 1. The SMILES string of the molecule is N#CC1=C(N2CCC3(CCC3)CC2)c2cc(C3CC3)ccc2CC1=O. The molecule has 4 aliphatic rings. The number of hydrogen-bond donors (Lipinski definition) is 0. The third-order valence-electron chi connectivity index (χ3n) is 6.97. The predicted molar refractivity (Wildman–Crippen MR) is 96.8 cm³/mol. The highest BCUT2D eigenvalue weighted by molar-refractivity contribution is 6.10. The highest BCUT2D eigenvalue weighted by Gasteiger charge is 2.41. The van der Waals surface area contributed by atoms with Crippen LogP contribution in [0.2, 0.25) is 0 Å². The zero-order valence-corrected chi connectivity index (χ0v) is 14.7. The first-order valence-corrected chi connectivity index (χ1v) is 9.75. The summed E-state index contributed by atoms with van der Waals surface area (Å²) < 4.78 is 0. The van der Waals surface area contributed by atoms with E-state index in [1.54, 1.807) is 0 Å². The van der Waals surface area contributed by atoms with Gasteiger partial charge in [-0.05, 0) is 67.1 Å². The standard InChI is InChI=1S/C22H24N2O/c23-14-19-20(25)13-17-5-4-16(15-2-3-15)12-18(17)21(19)24-10-8-22(9-11-24)6-1-7-22/h4-5,12,15H,1-3,6-11,13H2. The molecule has 1 aromatic rings. The van der Waals surface area contributed by atoms with E-state index in [0.717, 1.165) is 29.9 Å². The van der Waals surface area contributed by atoms with Crippen LogP contribution in [0.3, 0.4) is 0 Å². The van der Waals surface area contributed by atoms with Gasteiger partial charge >= 0.3 is 0 Å². The van der Waals surface area contributed by atoms with E-state index in [-0.39, 0.29) is 5.78 Å². The third kappa shape index (κ3) is 2.42. The van der Waals surface area contributed by atoms with Crippen LogP contribution in [0, 0.1) is 16.7 Å². The minimum absolute atomic E-state index is 0.00639. The van der Waals surface area contributed by atoms with Crippen LogP contribution in [-0.2, 0) is 11.2 Å². The number of hydrogen-bond acceptors (Lipinski definition) is 3. The lowest BCUT2D eigenvalue weighted by Gasteiger charge is -2.49. The molecular weight excluding hydrogens is 308 g/mol. The number of likely N-dealkylation sites (tertiary alicyclic amines) is 1. The maximum absolute atomic E-state index is 12.6. The quantitative estimate of drug-likeness (QED) is 0.815. The molecule has 0 radical (unpaired) electrons. The van der Waals surface area contributed by atoms with Gasteiger partial charge in [-0.3, -0.25) is 4.79 Å². The van der Waals surface area contributed by atoms with Gasteiger partial charge in [-0.2, -0.15) is 5.26 Å². The van der Waals surface area contributed by atoms with Crippen LogP contribution in [0.25, 0.3) is 5.70 Å². The van der Waals surface area contributed by atoms with Crippen LogP contribution < -0.4 is 0 Å². The van der Waals surface area contributed by atoms with E-state index < -0.39 is 0 Å². The molecule has 0 atom stereocenters. The summed E-state index contributed by atoms with van der Waals surface area (Å²) in [5, 5.41) is 9.68. The summed E-state index contributed by atoms with van der Waals surface area (Å²) in [6, 6.07) is 8.85. The number of piperidine rings is 1. The van der Waals surface area contributed by atoms with Gasteiger partial charge in [0.15, 0.2) is 5.78 Å². The summed E-state index contributed by atoms with van der Waals surface area (Å²) in [6.07, 6.45) is 9.45. The van der Waals surface area contributed by atoms with Crippen LogP contribution in [0.5, 0.6) is 0 Å². The zero-order valence-electron chi connectivity index (χ0n) is 14.7. The molecule has 0 aromatic heterocycles. The zero-order chi connectivity index (χ0) is 17.0. The second-order valence-corrected chi connectivity index (χ2v) is 8.47. The normalized spacial score (nSPS) is 24.8. The molecule has 0 N–H and O–H groups in total. The van der Waals surface area contributed by atoms with Crippen LogP contribution in [0.15, 0.2) is 23.8 Å². The Morgan fingerprint density at radius 3 is 2.48 bits per heavy atom. The fourth-order valence-corrected chi connectivity index (χ4v) is 4.99. The maximum Gasteiger partial charge on any atom is 0.179 e. The first-order valence-electron chi connectivity index (χ1n) is 9.75. The summed E-state index contributed by atoms with van der Waals surface area (Å²) in [7, 11) is 0. The second-order valence-electron chi connectivity index (χ2n) is 8.47. The van der Waals surface area contributed by atoms with E-state index >= 15 is 0 Å². The Labute approximate surface area is 149 Å². The van der Waals surface area contributed by atoms with Gasteiger partial charge in [0.1, 0.15) is 11.6 Å². The molecule has 3 nitrogen and oxygen atoms in total. The number of fused-ring (bicyclic) bond motifs is 1. The highest BCUT2D eigenvalue weighted by Crippen LogP contribution is 2.50. The van der Waals surface area contributed by atoms with E-state index in [9.17, 15) is 10.1 Å². The van der Waals surface area contributed by atoms with Crippen molar-refractivity contribution in [2.75, 3.05) is 13.1 Å². The van der Waals surface area contributed by atoms with Crippen molar-refractivity contribution in [2.45, 2.75) is 57.3 Å². The molecule has 3 aliphatic carbocycles. The minimum Gasteiger partial charge on any atom is -0.370 e. The number of carbonyl (C=O) groups excluding carboxylic acids is 1.